The fourth-order valence-electron chi connectivity index (χ4n) is 2.04. The van der Waals surface area contributed by atoms with Crippen molar-refractivity contribution < 1.29 is 9.84 Å². The van der Waals surface area contributed by atoms with Crippen molar-refractivity contribution in [1.82, 2.24) is 0 Å². The minimum atomic E-state index is -0.191. The standard InChI is InChI=1S/C13H19NO2/c1-13(2)11(8-12(13)15)14-9-4-6-10(16-3)7-5-9/h4-7,11-12,14-15H,8H2,1-3H3. The van der Waals surface area contributed by atoms with E-state index in [1.54, 1.807) is 7.11 Å². The van der Waals surface area contributed by atoms with Gasteiger partial charge in [0.15, 0.2) is 0 Å². The van der Waals surface area contributed by atoms with E-state index in [0.29, 0.717) is 6.04 Å². The SMILES string of the molecule is COc1ccc(NC2CC(O)C2(C)C)cc1. The maximum absolute atomic E-state index is 9.65. The van der Waals surface area contributed by atoms with Crippen molar-refractivity contribution in [3.63, 3.8) is 0 Å². The molecule has 16 heavy (non-hydrogen) atoms. The van der Waals surface area contributed by atoms with Crippen LogP contribution < -0.4 is 10.1 Å². The summed E-state index contributed by atoms with van der Waals surface area (Å²) in [5.41, 5.74) is 1.03. The number of anilines is 1. The van der Waals surface area contributed by atoms with Crippen molar-refractivity contribution in [1.29, 1.82) is 0 Å². The van der Waals surface area contributed by atoms with Crippen LogP contribution in [-0.2, 0) is 0 Å². The zero-order chi connectivity index (χ0) is 11.8. The van der Waals surface area contributed by atoms with Crippen LogP contribution in [0.3, 0.4) is 0 Å². The summed E-state index contributed by atoms with van der Waals surface area (Å²) in [7, 11) is 1.66. The van der Waals surface area contributed by atoms with Crippen LogP contribution >= 0.6 is 0 Å². The van der Waals surface area contributed by atoms with Crippen molar-refractivity contribution in [2.75, 3.05) is 12.4 Å². The highest BCUT2D eigenvalue weighted by Crippen LogP contribution is 2.42. The molecule has 1 aromatic rings. The van der Waals surface area contributed by atoms with Crippen LogP contribution in [0.15, 0.2) is 24.3 Å². The highest BCUT2D eigenvalue weighted by Gasteiger charge is 2.47. The topological polar surface area (TPSA) is 41.5 Å². The predicted molar refractivity (Wildman–Crippen MR) is 64.8 cm³/mol. The fourth-order valence-corrected chi connectivity index (χ4v) is 2.04. The highest BCUT2D eigenvalue weighted by molar-refractivity contribution is 5.48. The quantitative estimate of drug-likeness (QED) is 0.822. The first-order valence-electron chi connectivity index (χ1n) is 5.62. The van der Waals surface area contributed by atoms with Crippen molar-refractivity contribution in [2.24, 2.45) is 5.41 Å². The minimum Gasteiger partial charge on any atom is -0.497 e. The Hall–Kier alpha value is -1.22. The maximum Gasteiger partial charge on any atom is 0.119 e. The van der Waals surface area contributed by atoms with E-state index in [9.17, 15) is 5.11 Å². The van der Waals surface area contributed by atoms with Gasteiger partial charge in [0.2, 0.25) is 0 Å². The summed E-state index contributed by atoms with van der Waals surface area (Å²) in [4.78, 5) is 0. The fraction of sp³-hybridized carbons (Fsp3) is 0.538. The molecule has 1 aliphatic carbocycles. The molecule has 2 N–H and O–H groups in total. The second kappa shape index (κ2) is 3.98. The molecule has 0 aliphatic heterocycles. The third-order valence-corrected chi connectivity index (χ3v) is 3.65. The number of aliphatic hydroxyl groups is 1. The first-order chi connectivity index (χ1) is 7.54. The Labute approximate surface area is 96.4 Å². The van der Waals surface area contributed by atoms with Crippen LogP contribution in [0.1, 0.15) is 20.3 Å². The van der Waals surface area contributed by atoms with Gasteiger partial charge in [-0.25, -0.2) is 0 Å². The average molecular weight is 221 g/mol. The Balaban J connectivity index is 2.00. The Morgan fingerprint density at radius 3 is 2.38 bits per heavy atom. The molecule has 2 atom stereocenters. The lowest BCUT2D eigenvalue weighted by molar-refractivity contribution is -0.0510. The molecule has 2 unspecified atom stereocenters. The van der Waals surface area contributed by atoms with Gasteiger partial charge in [-0.15, -0.1) is 0 Å². The van der Waals surface area contributed by atoms with Crippen molar-refractivity contribution in [2.45, 2.75) is 32.4 Å². The molecule has 3 nitrogen and oxygen atoms in total. The van der Waals surface area contributed by atoms with Crippen LogP contribution in [0.5, 0.6) is 5.75 Å². The van der Waals surface area contributed by atoms with Gasteiger partial charge < -0.3 is 15.2 Å². The molecule has 0 bridgehead atoms. The molecule has 1 fully saturated rings. The van der Waals surface area contributed by atoms with Gasteiger partial charge in [-0.2, -0.15) is 0 Å². The van der Waals surface area contributed by atoms with E-state index < -0.39 is 0 Å². The van der Waals surface area contributed by atoms with Crippen LogP contribution in [-0.4, -0.2) is 24.4 Å². The van der Waals surface area contributed by atoms with E-state index in [-0.39, 0.29) is 11.5 Å². The molecule has 0 radical (unpaired) electrons. The van der Waals surface area contributed by atoms with Gasteiger partial charge in [-0.3, -0.25) is 0 Å². The van der Waals surface area contributed by atoms with Crippen LogP contribution in [0.25, 0.3) is 0 Å². The summed E-state index contributed by atoms with van der Waals surface area (Å²) in [5, 5.41) is 13.1. The van der Waals surface area contributed by atoms with Crippen molar-refractivity contribution >= 4 is 5.69 Å². The van der Waals surface area contributed by atoms with E-state index in [0.717, 1.165) is 17.9 Å². The normalized spacial score (nSPS) is 27.0. The number of rotatable bonds is 3. The van der Waals surface area contributed by atoms with Gasteiger partial charge in [0.25, 0.3) is 0 Å². The van der Waals surface area contributed by atoms with Gasteiger partial charge in [-0.1, -0.05) is 13.8 Å². The van der Waals surface area contributed by atoms with Gasteiger partial charge >= 0.3 is 0 Å². The molecule has 0 spiro atoms. The Morgan fingerprint density at radius 2 is 1.94 bits per heavy atom. The molecule has 88 valence electrons. The number of hydrogen-bond acceptors (Lipinski definition) is 3. The Kier molecular flexibility index (Phi) is 2.80. The molecule has 0 saturated heterocycles. The number of aliphatic hydroxyl groups excluding tert-OH is 1. The first-order valence-corrected chi connectivity index (χ1v) is 5.62. The summed E-state index contributed by atoms with van der Waals surface area (Å²) in [5.74, 6) is 0.860. The van der Waals surface area contributed by atoms with E-state index >= 15 is 0 Å². The van der Waals surface area contributed by atoms with Crippen LogP contribution in [0.2, 0.25) is 0 Å². The van der Waals surface area contributed by atoms with E-state index in [2.05, 4.69) is 19.2 Å². The molecular formula is C13H19NO2. The molecule has 1 saturated carbocycles. The molecule has 2 rings (SSSR count). The van der Waals surface area contributed by atoms with E-state index in [1.807, 2.05) is 24.3 Å². The van der Waals surface area contributed by atoms with Crippen LogP contribution in [0.4, 0.5) is 5.69 Å². The van der Waals surface area contributed by atoms with Gasteiger partial charge in [0.05, 0.1) is 13.2 Å². The largest absolute Gasteiger partial charge is 0.497 e. The molecule has 3 heteroatoms. The maximum atomic E-state index is 9.65. The number of ether oxygens (including phenoxy) is 1. The number of nitrogens with one attached hydrogen (secondary N) is 1. The first kappa shape index (κ1) is 11.3. The summed E-state index contributed by atoms with van der Waals surface area (Å²) in [6, 6.07) is 8.21. The van der Waals surface area contributed by atoms with E-state index in [4.69, 9.17) is 4.74 Å². The van der Waals surface area contributed by atoms with Gasteiger partial charge in [0.1, 0.15) is 5.75 Å². The smallest absolute Gasteiger partial charge is 0.119 e. The summed E-state index contributed by atoms with van der Waals surface area (Å²) >= 11 is 0. The molecule has 1 aliphatic rings. The summed E-state index contributed by atoms with van der Waals surface area (Å²) in [6.07, 6.45) is 0.627. The lowest BCUT2D eigenvalue weighted by atomic mass is 9.64. The molecule has 0 heterocycles. The molecule has 0 amide bonds. The van der Waals surface area contributed by atoms with Crippen molar-refractivity contribution in [3.8, 4) is 5.75 Å². The number of benzene rings is 1. The monoisotopic (exact) mass is 221 g/mol. The second-order valence-corrected chi connectivity index (χ2v) is 5.00. The Bertz CT molecular complexity index is 359. The van der Waals surface area contributed by atoms with Crippen LogP contribution in [0, 0.1) is 5.41 Å². The average Bonchev–Trinajstić information content (AvgIpc) is 2.29. The molecule has 1 aromatic carbocycles. The minimum absolute atomic E-state index is 0.0417. The second-order valence-electron chi connectivity index (χ2n) is 5.00. The zero-order valence-corrected chi connectivity index (χ0v) is 10.0. The van der Waals surface area contributed by atoms with Gasteiger partial charge in [-0.05, 0) is 30.7 Å². The summed E-state index contributed by atoms with van der Waals surface area (Å²) in [6.45, 7) is 4.17. The zero-order valence-electron chi connectivity index (χ0n) is 10.0. The van der Waals surface area contributed by atoms with Crippen molar-refractivity contribution in [3.05, 3.63) is 24.3 Å². The number of hydrogen-bond donors (Lipinski definition) is 2. The van der Waals surface area contributed by atoms with Gasteiger partial charge in [0, 0.05) is 17.1 Å². The summed E-state index contributed by atoms with van der Waals surface area (Å²) < 4.78 is 5.10. The number of methoxy groups -OCH3 is 1. The lowest BCUT2D eigenvalue weighted by Gasteiger charge is -2.49. The molecular weight excluding hydrogens is 202 g/mol. The highest BCUT2D eigenvalue weighted by atomic mass is 16.5. The Morgan fingerprint density at radius 1 is 1.31 bits per heavy atom. The third kappa shape index (κ3) is 1.87. The van der Waals surface area contributed by atoms with E-state index in [1.165, 1.54) is 0 Å². The third-order valence-electron chi connectivity index (χ3n) is 3.65. The molecule has 0 aromatic heterocycles. The lowest BCUT2D eigenvalue weighted by Crippen LogP contribution is -2.56. The predicted octanol–water partition coefficient (Wildman–Crippen LogP) is 2.27.